The van der Waals surface area contributed by atoms with Crippen LogP contribution in [0.25, 0.3) is 0 Å². The van der Waals surface area contributed by atoms with E-state index in [1.807, 2.05) is 39.0 Å². The molecule has 1 saturated heterocycles. The van der Waals surface area contributed by atoms with Crippen LogP contribution in [0.2, 0.25) is 5.02 Å². The maximum Gasteiger partial charge on any atom is 0.193 e. The average molecular weight is 385 g/mol. The molecule has 1 heterocycles. The Morgan fingerprint density at radius 2 is 1.88 bits per heavy atom. The van der Waals surface area contributed by atoms with Crippen LogP contribution in [0, 0.1) is 0 Å². The maximum absolute atomic E-state index is 12.1. The molecule has 0 amide bonds. The van der Waals surface area contributed by atoms with Gasteiger partial charge >= 0.3 is 0 Å². The van der Waals surface area contributed by atoms with Gasteiger partial charge in [0.1, 0.15) is 0 Å². The second-order valence-electron chi connectivity index (χ2n) is 7.06. The summed E-state index contributed by atoms with van der Waals surface area (Å²) in [6.45, 7) is 10.3. The van der Waals surface area contributed by atoms with Gasteiger partial charge in [-0.2, -0.15) is 0 Å². The first-order valence-corrected chi connectivity index (χ1v) is 10.4. The Bertz CT molecular complexity index is 622. The molecule has 0 saturated carbocycles. The van der Waals surface area contributed by atoms with Gasteiger partial charge in [-0.1, -0.05) is 23.7 Å². The van der Waals surface area contributed by atoms with E-state index >= 15 is 0 Å². The van der Waals surface area contributed by atoms with Gasteiger partial charge in [0.2, 0.25) is 0 Å². The molecule has 0 spiro atoms. The van der Waals surface area contributed by atoms with Crippen LogP contribution in [0.1, 0.15) is 20.8 Å². The van der Waals surface area contributed by atoms with Crippen molar-refractivity contribution in [2.24, 2.45) is 4.99 Å². The summed E-state index contributed by atoms with van der Waals surface area (Å²) in [6.07, 6.45) is 0. The number of anilines is 1. The van der Waals surface area contributed by atoms with E-state index < -0.39 is 10.8 Å². The van der Waals surface area contributed by atoms with Crippen LogP contribution in [0.4, 0.5) is 5.69 Å². The first-order chi connectivity index (χ1) is 11.8. The summed E-state index contributed by atoms with van der Waals surface area (Å²) in [4.78, 5) is 8.92. The molecule has 1 N–H and O–H groups in total. The van der Waals surface area contributed by atoms with Crippen molar-refractivity contribution in [2.45, 2.75) is 25.5 Å². The number of hydrogen-bond acceptors (Lipinski definition) is 3. The quantitative estimate of drug-likeness (QED) is 0.640. The van der Waals surface area contributed by atoms with E-state index in [4.69, 9.17) is 11.6 Å². The Balaban J connectivity index is 1.84. The van der Waals surface area contributed by atoms with Crippen molar-refractivity contribution in [2.75, 3.05) is 50.4 Å². The summed E-state index contributed by atoms with van der Waals surface area (Å²) in [5.74, 6) is 1.51. The fraction of sp³-hybridized carbons (Fsp3) is 0.611. The normalized spacial score (nSPS) is 17.6. The van der Waals surface area contributed by atoms with Gasteiger partial charge in [0.05, 0.1) is 10.7 Å². The van der Waals surface area contributed by atoms with Gasteiger partial charge in [-0.25, -0.2) is 0 Å². The monoisotopic (exact) mass is 384 g/mol. The van der Waals surface area contributed by atoms with Gasteiger partial charge in [0, 0.05) is 61.1 Å². The summed E-state index contributed by atoms with van der Waals surface area (Å²) in [7, 11) is 0.942. The molecular formula is C18H29ClN4OS. The number of rotatable bonds is 4. The number of piperazine rings is 1. The molecule has 1 aromatic carbocycles. The SMILES string of the molecule is CN=C(NCCS(=O)C(C)(C)C)N1CCN(c2ccccc2Cl)CC1. The number of nitrogens with zero attached hydrogens (tertiary/aromatic N) is 3. The molecule has 25 heavy (non-hydrogen) atoms. The number of hydrogen-bond donors (Lipinski definition) is 1. The van der Waals surface area contributed by atoms with Crippen LogP contribution in [0.5, 0.6) is 0 Å². The van der Waals surface area contributed by atoms with Crippen molar-refractivity contribution in [3.8, 4) is 0 Å². The smallest absolute Gasteiger partial charge is 0.193 e. The predicted molar refractivity (Wildman–Crippen MR) is 109 cm³/mol. The predicted octanol–water partition coefficient (Wildman–Crippen LogP) is 2.58. The summed E-state index contributed by atoms with van der Waals surface area (Å²) in [5.41, 5.74) is 1.09. The number of halogens is 1. The number of aliphatic imine (C=N–C) groups is 1. The Labute approximate surface area is 158 Å². The first-order valence-electron chi connectivity index (χ1n) is 8.66. The second-order valence-corrected chi connectivity index (χ2v) is 9.79. The van der Waals surface area contributed by atoms with Gasteiger partial charge < -0.3 is 15.1 Å². The summed E-state index contributed by atoms with van der Waals surface area (Å²) in [5, 5.41) is 4.14. The molecule has 0 bridgehead atoms. The van der Waals surface area contributed by atoms with Gasteiger partial charge in [0.15, 0.2) is 5.96 Å². The van der Waals surface area contributed by atoms with Crippen LogP contribution in [0.15, 0.2) is 29.3 Å². The molecule has 1 aromatic rings. The number of para-hydroxylation sites is 1. The molecule has 140 valence electrons. The third-order valence-corrected chi connectivity index (χ3v) is 6.50. The highest BCUT2D eigenvalue weighted by molar-refractivity contribution is 7.86. The van der Waals surface area contributed by atoms with E-state index in [0.29, 0.717) is 12.3 Å². The standard InChI is InChI=1S/C18H29ClN4OS/c1-18(2,3)25(24)14-9-21-17(20-4)23-12-10-22(11-13-23)16-8-6-5-7-15(16)19/h5-8H,9-14H2,1-4H3,(H,20,21). The minimum Gasteiger partial charge on any atom is -0.367 e. The second kappa shape index (κ2) is 8.90. The zero-order valence-corrected chi connectivity index (χ0v) is 17.2. The van der Waals surface area contributed by atoms with Crippen molar-refractivity contribution in [3.63, 3.8) is 0 Å². The molecule has 0 radical (unpaired) electrons. The van der Waals surface area contributed by atoms with E-state index in [1.165, 1.54) is 0 Å². The fourth-order valence-corrected chi connectivity index (χ4v) is 3.92. The summed E-state index contributed by atoms with van der Waals surface area (Å²) in [6, 6.07) is 7.96. The van der Waals surface area contributed by atoms with Crippen LogP contribution < -0.4 is 10.2 Å². The molecule has 1 aliphatic rings. The highest BCUT2D eigenvalue weighted by atomic mass is 35.5. The molecule has 5 nitrogen and oxygen atoms in total. The first kappa shape index (κ1) is 20.0. The number of benzene rings is 1. The Morgan fingerprint density at radius 3 is 2.44 bits per heavy atom. The molecular weight excluding hydrogens is 356 g/mol. The van der Waals surface area contributed by atoms with Crippen LogP contribution in [-0.2, 0) is 10.8 Å². The van der Waals surface area contributed by atoms with E-state index in [0.717, 1.165) is 42.8 Å². The van der Waals surface area contributed by atoms with Gasteiger partial charge in [-0.15, -0.1) is 0 Å². The average Bonchev–Trinajstić information content (AvgIpc) is 2.58. The highest BCUT2D eigenvalue weighted by Gasteiger charge is 2.22. The van der Waals surface area contributed by atoms with Crippen molar-refractivity contribution in [3.05, 3.63) is 29.3 Å². The lowest BCUT2D eigenvalue weighted by Crippen LogP contribution is -2.53. The van der Waals surface area contributed by atoms with Crippen molar-refractivity contribution < 1.29 is 4.21 Å². The van der Waals surface area contributed by atoms with Gasteiger partial charge in [-0.3, -0.25) is 9.20 Å². The lowest BCUT2D eigenvalue weighted by molar-refractivity contribution is 0.373. The van der Waals surface area contributed by atoms with Crippen LogP contribution >= 0.6 is 11.6 Å². The van der Waals surface area contributed by atoms with Crippen molar-refractivity contribution >= 4 is 34.0 Å². The topological polar surface area (TPSA) is 47.9 Å². The lowest BCUT2D eigenvalue weighted by atomic mass is 10.2. The molecule has 2 rings (SSSR count). The molecule has 1 unspecified atom stereocenters. The molecule has 1 fully saturated rings. The van der Waals surface area contributed by atoms with Crippen LogP contribution in [0.3, 0.4) is 0 Å². The summed E-state index contributed by atoms with van der Waals surface area (Å²) < 4.78 is 12.0. The molecule has 0 aromatic heterocycles. The lowest BCUT2D eigenvalue weighted by Gasteiger charge is -2.38. The summed E-state index contributed by atoms with van der Waals surface area (Å²) >= 11 is 6.30. The Morgan fingerprint density at radius 1 is 1.24 bits per heavy atom. The number of guanidine groups is 1. The van der Waals surface area contributed by atoms with Crippen molar-refractivity contribution in [1.82, 2.24) is 10.2 Å². The maximum atomic E-state index is 12.1. The highest BCUT2D eigenvalue weighted by Crippen LogP contribution is 2.25. The third kappa shape index (κ3) is 5.61. The van der Waals surface area contributed by atoms with E-state index in [1.54, 1.807) is 7.05 Å². The van der Waals surface area contributed by atoms with E-state index in [-0.39, 0.29) is 4.75 Å². The largest absolute Gasteiger partial charge is 0.367 e. The molecule has 1 atom stereocenters. The zero-order valence-electron chi connectivity index (χ0n) is 15.6. The molecule has 1 aliphatic heterocycles. The minimum atomic E-state index is -0.853. The molecule has 0 aliphatic carbocycles. The van der Waals surface area contributed by atoms with Crippen LogP contribution in [-0.4, -0.2) is 65.3 Å². The van der Waals surface area contributed by atoms with E-state index in [9.17, 15) is 4.21 Å². The third-order valence-electron chi connectivity index (χ3n) is 4.24. The Hall–Kier alpha value is -1.27. The Kier molecular flexibility index (Phi) is 7.14. The zero-order chi connectivity index (χ0) is 18.4. The van der Waals surface area contributed by atoms with Gasteiger partial charge in [0.25, 0.3) is 0 Å². The minimum absolute atomic E-state index is 0.175. The van der Waals surface area contributed by atoms with E-state index in [2.05, 4.69) is 26.2 Å². The molecule has 7 heteroatoms. The fourth-order valence-electron chi connectivity index (χ4n) is 2.76. The van der Waals surface area contributed by atoms with Crippen molar-refractivity contribution in [1.29, 1.82) is 0 Å². The van der Waals surface area contributed by atoms with Gasteiger partial charge in [-0.05, 0) is 32.9 Å². The number of nitrogens with one attached hydrogen (secondary N) is 1.